The van der Waals surface area contributed by atoms with Gasteiger partial charge in [0.15, 0.2) is 0 Å². The number of hydrogen-bond donors (Lipinski definition) is 2. The van der Waals surface area contributed by atoms with Gasteiger partial charge in [0.05, 0.1) is 6.61 Å². The minimum absolute atomic E-state index is 0.0564. The van der Waals surface area contributed by atoms with Crippen molar-refractivity contribution in [3.8, 4) is 0 Å². The Hall–Kier alpha value is -0.610. The molecule has 1 atom stereocenters. The molecule has 4 heteroatoms. The van der Waals surface area contributed by atoms with Crippen LogP contribution in [0.2, 0.25) is 0 Å². The molecule has 4 nitrogen and oxygen atoms in total. The molecule has 0 bridgehead atoms. The largest absolute Gasteiger partial charge is 0.395 e. The van der Waals surface area contributed by atoms with Crippen LogP contribution in [0.25, 0.3) is 0 Å². The molecule has 1 amide bonds. The molecule has 1 saturated heterocycles. The lowest BCUT2D eigenvalue weighted by molar-refractivity contribution is -0.134. The summed E-state index contributed by atoms with van der Waals surface area (Å²) in [5, 5.41) is 13.1. The van der Waals surface area contributed by atoms with Crippen LogP contribution >= 0.6 is 0 Å². The van der Waals surface area contributed by atoms with Crippen LogP contribution in [-0.4, -0.2) is 47.7 Å². The summed E-state index contributed by atoms with van der Waals surface area (Å²) in [6.07, 6.45) is 3.55. The molecular formula is C18H36N2O2. The van der Waals surface area contributed by atoms with Gasteiger partial charge < -0.3 is 15.3 Å². The van der Waals surface area contributed by atoms with E-state index in [9.17, 15) is 9.90 Å². The van der Waals surface area contributed by atoms with Gasteiger partial charge in [0.25, 0.3) is 0 Å². The highest BCUT2D eigenvalue weighted by molar-refractivity contribution is 5.76. The summed E-state index contributed by atoms with van der Waals surface area (Å²) in [7, 11) is 0. The molecule has 1 aliphatic rings. The van der Waals surface area contributed by atoms with E-state index in [4.69, 9.17) is 0 Å². The highest BCUT2D eigenvalue weighted by atomic mass is 16.3. The van der Waals surface area contributed by atoms with E-state index in [1.807, 2.05) is 4.90 Å². The van der Waals surface area contributed by atoms with Crippen molar-refractivity contribution in [3.63, 3.8) is 0 Å². The summed E-state index contributed by atoms with van der Waals surface area (Å²) < 4.78 is 0. The number of nitrogens with one attached hydrogen (secondary N) is 1. The number of aliphatic hydroxyl groups excluding tert-OH is 1. The maximum atomic E-state index is 12.3. The molecule has 1 heterocycles. The summed E-state index contributed by atoms with van der Waals surface area (Å²) in [4.78, 5) is 14.3. The third-order valence-electron chi connectivity index (χ3n) is 4.08. The maximum absolute atomic E-state index is 12.3. The molecule has 130 valence electrons. The van der Waals surface area contributed by atoms with Crippen molar-refractivity contribution in [2.24, 2.45) is 10.8 Å². The first-order valence-electron chi connectivity index (χ1n) is 8.65. The molecule has 0 aliphatic carbocycles. The molecule has 1 fully saturated rings. The molecule has 1 unspecified atom stereocenters. The Bertz CT molecular complexity index is 347. The highest BCUT2D eigenvalue weighted by Gasteiger charge is 2.27. The second-order valence-corrected chi connectivity index (χ2v) is 9.20. The Morgan fingerprint density at radius 3 is 2.09 bits per heavy atom. The SMILES string of the molecule is CC(C)(C)CC(=O)N1CCC(NC(CO)CC(C)(C)C)CC1. The van der Waals surface area contributed by atoms with Crippen LogP contribution in [-0.2, 0) is 4.79 Å². The van der Waals surface area contributed by atoms with E-state index in [0.29, 0.717) is 12.5 Å². The minimum atomic E-state index is 0.0564. The monoisotopic (exact) mass is 312 g/mol. The van der Waals surface area contributed by atoms with Gasteiger partial charge in [-0.25, -0.2) is 0 Å². The van der Waals surface area contributed by atoms with E-state index in [2.05, 4.69) is 46.9 Å². The Balaban J connectivity index is 2.40. The molecule has 0 spiro atoms. The van der Waals surface area contributed by atoms with Gasteiger partial charge in [-0.05, 0) is 30.1 Å². The van der Waals surface area contributed by atoms with Gasteiger partial charge >= 0.3 is 0 Å². The first kappa shape index (κ1) is 19.4. The number of rotatable bonds is 5. The van der Waals surface area contributed by atoms with E-state index < -0.39 is 0 Å². The molecule has 22 heavy (non-hydrogen) atoms. The fraction of sp³-hybridized carbons (Fsp3) is 0.944. The predicted octanol–water partition coefficient (Wildman–Crippen LogP) is 2.80. The van der Waals surface area contributed by atoms with Crippen molar-refractivity contribution in [1.29, 1.82) is 0 Å². The van der Waals surface area contributed by atoms with Crippen LogP contribution in [0.4, 0.5) is 0 Å². The molecule has 1 aliphatic heterocycles. The minimum Gasteiger partial charge on any atom is -0.395 e. The average molecular weight is 312 g/mol. The molecule has 1 rings (SSSR count). The van der Waals surface area contributed by atoms with Gasteiger partial charge in [0.2, 0.25) is 5.91 Å². The summed E-state index contributed by atoms with van der Waals surface area (Å²) in [6.45, 7) is 14.8. The number of piperidine rings is 1. The third kappa shape index (κ3) is 7.59. The van der Waals surface area contributed by atoms with Crippen molar-refractivity contribution in [3.05, 3.63) is 0 Å². The predicted molar refractivity (Wildman–Crippen MR) is 91.8 cm³/mol. The number of carbonyl (C=O) groups excluding carboxylic acids is 1. The molecule has 0 saturated carbocycles. The van der Waals surface area contributed by atoms with Gasteiger partial charge in [-0.2, -0.15) is 0 Å². The second kappa shape index (κ2) is 7.78. The Labute approximate surface area is 136 Å². The van der Waals surface area contributed by atoms with Gasteiger partial charge in [0.1, 0.15) is 0 Å². The lowest BCUT2D eigenvalue weighted by atomic mass is 9.87. The maximum Gasteiger partial charge on any atom is 0.223 e. The van der Waals surface area contributed by atoms with Crippen LogP contribution < -0.4 is 5.32 Å². The van der Waals surface area contributed by atoms with E-state index in [1.54, 1.807) is 0 Å². The fourth-order valence-electron chi connectivity index (χ4n) is 3.11. The van der Waals surface area contributed by atoms with Gasteiger partial charge in [-0.15, -0.1) is 0 Å². The van der Waals surface area contributed by atoms with Crippen LogP contribution in [0.15, 0.2) is 0 Å². The van der Waals surface area contributed by atoms with Gasteiger partial charge in [-0.3, -0.25) is 4.79 Å². The first-order valence-corrected chi connectivity index (χ1v) is 8.65. The molecule has 2 N–H and O–H groups in total. The zero-order chi connectivity index (χ0) is 17.0. The van der Waals surface area contributed by atoms with Crippen LogP contribution in [0, 0.1) is 10.8 Å². The lowest BCUT2D eigenvalue weighted by Crippen LogP contribution is -2.49. The highest BCUT2D eigenvalue weighted by Crippen LogP contribution is 2.23. The zero-order valence-corrected chi connectivity index (χ0v) is 15.4. The van der Waals surface area contributed by atoms with Crippen molar-refractivity contribution >= 4 is 5.91 Å². The van der Waals surface area contributed by atoms with E-state index in [-0.39, 0.29) is 29.4 Å². The van der Waals surface area contributed by atoms with Crippen molar-refractivity contribution < 1.29 is 9.90 Å². The second-order valence-electron chi connectivity index (χ2n) is 9.20. The van der Waals surface area contributed by atoms with Gasteiger partial charge in [-0.1, -0.05) is 41.5 Å². The quantitative estimate of drug-likeness (QED) is 0.821. The number of aliphatic hydroxyl groups is 1. The lowest BCUT2D eigenvalue weighted by Gasteiger charge is -2.36. The first-order chi connectivity index (χ1) is 10.00. The molecule has 0 aromatic carbocycles. The number of amides is 1. The summed E-state index contributed by atoms with van der Waals surface area (Å²) in [5.74, 6) is 0.277. The zero-order valence-electron chi connectivity index (χ0n) is 15.4. The Morgan fingerprint density at radius 1 is 1.14 bits per heavy atom. The van der Waals surface area contributed by atoms with E-state index >= 15 is 0 Å². The van der Waals surface area contributed by atoms with Crippen molar-refractivity contribution in [2.45, 2.75) is 79.3 Å². The molecule has 0 aromatic heterocycles. The number of carbonyl (C=O) groups is 1. The van der Waals surface area contributed by atoms with Crippen LogP contribution in [0.3, 0.4) is 0 Å². The fourth-order valence-corrected chi connectivity index (χ4v) is 3.11. The number of hydrogen-bond acceptors (Lipinski definition) is 3. The van der Waals surface area contributed by atoms with Gasteiger partial charge in [0, 0.05) is 31.6 Å². The number of nitrogens with zero attached hydrogens (tertiary/aromatic N) is 1. The smallest absolute Gasteiger partial charge is 0.223 e. The van der Waals surface area contributed by atoms with Crippen molar-refractivity contribution in [1.82, 2.24) is 10.2 Å². The van der Waals surface area contributed by atoms with Crippen LogP contribution in [0.1, 0.15) is 67.2 Å². The summed E-state index contributed by atoms with van der Waals surface area (Å²) in [6, 6.07) is 0.569. The van der Waals surface area contributed by atoms with E-state index in [0.717, 1.165) is 32.4 Å². The topological polar surface area (TPSA) is 52.6 Å². The molecule has 0 radical (unpaired) electrons. The number of likely N-dealkylation sites (tertiary alicyclic amines) is 1. The standard InChI is InChI=1S/C18H36N2O2/c1-17(2,3)11-15(13-21)19-14-7-9-20(10-8-14)16(22)12-18(4,5)6/h14-15,19,21H,7-13H2,1-6H3. The Kier molecular flexibility index (Phi) is 6.87. The third-order valence-corrected chi connectivity index (χ3v) is 4.08. The summed E-state index contributed by atoms with van der Waals surface area (Å²) >= 11 is 0. The molecule has 0 aromatic rings. The normalized spacial score (nSPS) is 19.3. The van der Waals surface area contributed by atoms with E-state index in [1.165, 1.54) is 0 Å². The Morgan fingerprint density at radius 2 is 1.68 bits per heavy atom. The van der Waals surface area contributed by atoms with Crippen LogP contribution in [0.5, 0.6) is 0 Å². The summed E-state index contributed by atoms with van der Waals surface area (Å²) in [5.41, 5.74) is 0.268. The van der Waals surface area contributed by atoms with Crippen molar-refractivity contribution in [2.75, 3.05) is 19.7 Å². The average Bonchev–Trinajstić information content (AvgIpc) is 2.35. The molecular weight excluding hydrogens is 276 g/mol.